The Kier molecular flexibility index (Phi) is 3.15. The highest BCUT2D eigenvalue weighted by Crippen LogP contribution is 2.27. The molecule has 3 rings (SSSR count). The number of hydrogen-bond acceptors (Lipinski definition) is 5. The molecule has 2 aromatic heterocycles. The van der Waals surface area contributed by atoms with Crippen LogP contribution in [0.3, 0.4) is 0 Å². The van der Waals surface area contributed by atoms with Crippen molar-refractivity contribution in [2.75, 3.05) is 5.32 Å². The highest BCUT2D eigenvalue weighted by molar-refractivity contribution is 7.22. The number of thiazole rings is 1. The number of carbonyl (C=O) groups is 2. The SMILES string of the molecule is Cc1ccc2nc(NC(=O)c3nc[nH]c3C(=O)O)sc2c1. The molecule has 0 aliphatic carbocycles. The smallest absolute Gasteiger partial charge is 0.354 e. The van der Waals surface area contributed by atoms with Crippen molar-refractivity contribution in [3.8, 4) is 0 Å². The van der Waals surface area contributed by atoms with E-state index in [2.05, 4.69) is 20.3 Å². The van der Waals surface area contributed by atoms with Gasteiger partial charge in [-0.05, 0) is 24.6 Å². The Hall–Kier alpha value is -2.74. The number of aromatic amines is 1. The molecule has 3 N–H and O–H groups in total. The third kappa shape index (κ3) is 2.48. The molecule has 0 aliphatic heterocycles. The van der Waals surface area contributed by atoms with E-state index < -0.39 is 11.9 Å². The molecular formula is C13H10N4O3S. The predicted molar refractivity (Wildman–Crippen MR) is 77.9 cm³/mol. The third-order valence-electron chi connectivity index (χ3n) is 2.83. The maximum atomic E-state index is 12.1. The van der Waals surface area contributed by atoms with E-state index in [4.69, 9.17) is 5.11 Å². The molecule has 3 aromatic rings. The van der Waals surface area contributed by atoms with E-state index in [0.717, 1.165) is 15.8 Å². The standard InChI is InChI=1S/C13H10N4O3S/c1-6-2-3-7-8(4-6)21-13(16-7)17-11(18)9-10(12(19)20)15-5-14-9/h2-5H,1H3,(H,14,15)(H,19,20)(H,16,17,18). The fraction of sp³-hybridized carbons (Fsp3) is 0.0769. The highest BCUT2D eigenvalue weighted by Gasteiger charge is 2.20. The van der Waals surface area contributed by atoms with Crippen molar-refractivity contribution in [1.82, 2.24) is 15.0 Å². The Morgan fingerprint density at radius 2 is 2.19 bits per heavy atom. The summed E-state index contributed by atoms with van der Waals surface area (Å²) in [5.41, 5.74) is 1.47. The average molecular weight is 302 g/mol. The first kappa shape index (κ1) is 13.3. The summed E-state index contributed by atoms with van der Waals surface area (Å²) in [6.07, 6.45) is 1.17. The maximum Gasteiger partial charge on any atom is 0.354 e. The molecule has 0 aliphatic rings. The van der Waals surface area contributed by atoms with Crippen LogP contribution in [0.2, 0.25) is 0 Å². The lowest BCUT2D eigenvalue weighted by Gasteiger charge is -1.98. The van der Waals surface area contributed by atoms with Crippen molar-refractivity contribution in [3.05, 3.63) is 41.5 Å². The predicted octanol–water partition coefficient (Wildman–Crippen LogP) is 2.28. The minimum atomic E-state index is -1.24. The van der Waals surface area contributed by atoms with Gasteiger partial charge in [-0.2, -0.15) is 0 Å². The van der Waals surface area contributed by atoms with E-state index in [1.54, 1.807) is 0 Å². The van der Waals surface area contributed by atoms with Crippen LogP contribution >= 0.6 is 11.3 Å². The first-order valence-corrected chi connectivity index (χ1v) is 6.81. The quantitative estimate of drug-likeness (QED) is 0.688. The molecule has 0 radical (unpaired) electrons. The van der Waals surface area contributed by atoms with E-state index in [0.29, 0.717) is 5.13 Å². The molecule has 8 heteroatoms. The molecule has 0 bridgehead atoms. The van der Waals surface area contributed by atoms with Crippen molar-refractivity contribution in [1.29, 1.82) is 0 Å². The second kappa shape index (κ2) is 4.98. The number of nitrogens with zero attached hydrogens (tertiary/aromatic N) is 2. The Bertz CT molecular complexity index is 852. The first-order valence-electron chi connectivity index (χ1n) is 6.00. The summed E-state index contributed by atoms with van der Waals surface area (Å²) in [6.45, 7) is 1.97. The van der Waals surface area contributed by atoms with Crippen LogP contribution in [-0.2, 0) is 0 Å². The number of carboxylic acid groups (broad SMARTS) is 1. The molecule has 21 heavy (non-hydrogen) atoms. The number of aryl methyl sites for hydroxylation is 1. The summed E-state index contributed by atoms with van der Waals surface area (Å²) in [5, 5.41) is 11.9. The number of amides is 1. The van der Waals surface area contributed by atoms with Crippen LogP contribution in [0.15, 0.2) is 24.5 Å². The van der Waals surface area contributed by atoms with E-state index in [1.807, 2.05) is 25.1 Å². The number of carboxylic acids is 1. The second-order valence-corrected chi connectivity index (χ2v) is 5.41. The van der Waals surface area contributed by atoms with Gasteiger partial charge >= 0.3 is 5.97 Å². The first-order chi connectivity index (χ1) is 10.0. The number of H-pyrrole nitrogens is 1. The van der Waals surface area contributed by atoms with Gasteiger partial charge in [0.15, 0.2) is 16.5 Å². The Labute approximate surface area is 122 Å². The van der Waals surface area contributed by atoms with Gasteiger partial charge in [0.2, 0.25) is 0 Å². The number of fused-ring (bicyclic) bond motifs is 1. The average Bonchev–Trinajstić information content (AvgIpc) is 3.03. The van der Waals surface area contributed by atoms with Crippen molar-refractivity contribution in [3.63, 3.8) is 0 Å². The van der Waals surface area contributed by atoms with Crippen LogP contribution in [0.1, 0.15) is 26.5 Å². The van der Waals surface area contributed by atoms with Crippen LogP contribution in [0.4, 0.5) is 5.13 Å². The zero-order valence-corrected chi connectivity index (χ0v) is 11.7. The molecule has 0 saturated heterocycles. The summed E-state index contributed by atoms with van der Waals surface area (Å²) in [4.78, 5) is 33.4. The normalized spacial score (nSPS) is 10.7. The molecule has 7 nitrogen and oxygen atoms in total. The zero-order valence-electron chi connectivity index (χ0n) is 10.9. The Morgan fingerprint density at radius 3 is 2.95 bits per heavy atom. The number of anilines is 1. The molecule has 1 aromatic carbocycles. The van der Waals surface area contributed by atoms with Gasteiger partial charge in [0.1, 0.15) is 0 Å². The van der Waals surface area contributed by atoms with Crippen LogP contribution in [0.25, 0.3) is 10.2 Å². The van der Waals surface area contributed by atoms with Gasteiger partial charge in [0, 0.05) is 0 Å². The van der Waals surface area contributed by atoms with E-state index in [9.17, 15) is 9.59 Å². The summed E-state index contributed by atoms with van der Waals surface area (Å²) in [7, 11) is 0. The number of benzene rings is 1. The van der Waals surface area contributed by atoms with Crippen LogP contribution in [0.5, 0.6) is 0 Å². The molecule has 0 saturated carbocycles. The van der Waals surface area contributed by atoms with Gasteiger partial charge < -0.3 is 10.1 Å². The number of rotatable bonds is 3. The number of hydrogen-bond donors (Lipinski definition) is 3. The van der Waals surface area contributed by atoms with Crippen LogP contribution in [-0.4, -0.2) is 31.9 Å². The Balaban J connectivity index is 1.89. The van der Waals surface area contributed by atoms with Crippen molar-refractivity contribution >= 4 is 38.6 Å². The molecule has 0 fully saturated rings. The lowest BCUT2D eigenvalue weighted by Crippen LogP contribution is -2.16. The van der Waals surface area contributed by atoms with Crippen LogP contribution < -0.4 is 5.32 Å². The van der Waals surface area contributed by atoms with E-state index >= 15 is 0 Å². The summed E-state index contributed by atoms with van der Waals surface area (Å²) >= 11 is 1.32. The van der Waals surface area contributed by atoms with Crippen molar-refractivity contribution in [2.24, 2.45) is 0 Å². The van der Waals surface area contributed by atoms with Gasteiger partial charge in [0.25, 0.3) is 5.91 Å². The lowest BCUT2D eigenvalue weighted by atomic mass is 10.2. The number of imidazole rings is 1. The second-order valence-electron chi connectivity index (χ2n) is 4.38. The van der Waals surface area contributed by atoms with Crippen molar-refractivity contribution in [2.45, 2.75) is 6.92 Å². The summed E-state index contributed by atoms with van der Waals surface area (Å²) < 4.78 is 0.950. The fourth-order valence-electron chi connectivity index (χ4n) is 1.87. The van der Waals surface area contributed by atoms with Gasteiger partial charge in [-0.15, -0.1) is 0 Å². The molecule has 2 heterocycles. The van der Waals surface area contributed by atoms with Gasteiger partial charge in [-0.3, -0.25) is 10.1 Å². The molecule has 0 unspecified atom stereocenters. The third-order valence-corrected chi connectivity index (χ3v) is 3.77. The number of carbonyl (C=O) groups excluding carboxylic acids is 1. The molecular weight excluding hydrogens is 292 g/mol. The van der Waals surface area contributed by atoms with E-state index in [1.165, 1.54) is 17.7 Å². The van der Waals surface area contributed by atoms with Gasteiger partial charge in [0.05, 0.1) is 16.5 Å². The fourth-order valence-corrected chi connectivity index (χ4v) is 2.83. The minimum Gasteiger partial charge on any atom is -0.477 e. The van der Waals surface area contributed by atoms with Gasteiger partial charge in [-0.25, -0.2) is 14.8 Å². The zero-order chi connectivity index (χ0) is 15.0. The summed E-state index contributed by atoms with van der Waals surface area (Å²) in [5.74, 6) is -1.85. The number of nitrogens with one attached hydrogen (secondary N) is 2. The van der Waals surface area contributed by atoms with Crippen molar-refractivity contribution < 1.29 is 14.7 Å². The number of aromatic nitrogens is 3. The monoisotopic (exact) mass is 302 g/mol. The lowest BCUT2D eigenvalue weighted by molar-refractivity contribution is 0.0686. The minimum absolute atomic E-state index is 0.169. The van der Waals surface area contributed by atoms with Gasteiger partial charge in [-0.1, -0.05) is 17.4 Å². The largest absolute Gasteiger partial charge is 0.477 e. The Morgan fingerprint density at radius 1 is 1.38 bits per heavy atom. The summed E-state index contributed by atoms with van der Waals surface area (Å²) in [6, 6.07) is 5.78. The van der Waals surface area contributed by atoms with E-state index in [-0.39, 0.29) is 11.4 Å². The van der Waals surface area contributed by atoms with Crippen LogP contribution in [0, 0.1) is 6.92 Å². The topological polar surface area (TPSA) is 108 Å². The molecule has 1 amide bonds. The highest BCUT2D eigenvalue weighted by atomic mass is 32.1. The maximum absolute atomic E-state index is 12.1. The molecule has 106 valence electrons. The molecule has 0 spiro atoms. The molecule has 0 atom stereocenters. The number of aromatic carboxylic acids is 1.